The van der Waals surface area contributed by atoms with E-state index in [2.05, 4.69) is 43.3 Å². The van der Waals surface area contributed by atoms with Crippen LogP contribution in [0.15, 0.2) is 22.7 Å². The van der Waals surface area contributed by atoms with Crippen molar-refractivity contribution in [2.24, 2.45) is 0 Å². The molecule has 1 aliphatic rings. The summed E-state index contributed by atoms with van der Waals surface area (Å²) in [6.07, 6.45) is 0. The molecule has 0 atom stereocenters. The maximum atomic E-state index is 11.6. The van der Waals surface area contributed by atoms with Gasteiger partial charge in [0, 0.05) is 29.8 Å². The predicted octanol–water partition coefficient (Wildman–Crippen LogP) is 3.79. The number of esters is 1. The Hall–Kier alpha value is -1.35. The predicted molar refractivity (Wildman–Crippen MR) is 103 cm³/mol. The lowest BCUT2D eigenvalue weighted by molar-refractivity contribution is 0.0606. The van der Waals surface area contributed by atoms with Gasteiger partial charge >= 0.3 is 5.97 Å². The van der Waals surface area contributed by atoms with Gasteiger partial charge in [-0.05, 0) is 17.7 Å². The quantitative estimate of drug-likeness (QED) is 0.705. The number of carbonyl (C=O) groups is 1. The Morgan fingerprint density at radius 3 is 2.96 bits per heavy atom. The highest BCUT2D eigenvalue weighted by molar-refractivity contribution is 9.10. The maximum absolute atomic E-state index is 11.6. The highest BCUT2D eigenvalue weighted by Gasteiger charge is 2.18. The summed E-state index contributed by atoms with van der Waals surface area (Å²) in [4.78, 5) is 18.4. The summed E-state index contributed by atoms with van der Waals surface area (Å²) < 4.78 is 11.2. The molecule has 1 fully saturated rings. The summed E-state index contributed by atoms with van der Waals surface area (Å²) in [6, 6.07) is 6.19. The number of ether oxygens (including phenoxy) is 2. The van der Waals surface area contributed by atoms with Crippen molar-refractivity contribution in [3.05, 3.63) is 38.3 Å². The van der Waals surface area contributed by atoms with E-state index in [9.17, 15) is 4.79 Å². The highest BCUT2D eigenvalue weighted by Crippen LogP contribution is 2.30. The molecule has 2 heterocycles. The van der Waals surface area contributed by atoms with Gasteiger partial charge in [-0.25, -0.2) is 9.78 Å². The van der Waals surface area contributed by atoms with Crippen LogP contribution >= 0.6 is 38.9 Å². The van der Waals surface area contributed by atoms with Crippen LogP contribution in [0.4, 0.5) is 10.8 Å². The minimum absolute atomic E-state index is 0.156. The summed E-state index contributed by atoms with van der Waals surface area (Å²) in [6.45, 7) is 3.75. The van der Waals surface area contributed by atoms with Crippen molar-refractivity contribution in [3.63, 3.8) is 0 Å². The lowest BCUT2D eigenvalue weighted by Gasteiger charge is -2.30. The molecule has 2 aromatic rings. The molecule has 0 radical (unpaired) electrons. The van der Waals surface area contributed by atoms with E-state index in [1.54, 1.807) is 0 Å². The van der Waals surface area contributed by atoms with Gasteiger partial charge in [0.2, 0.25) is 0 Å². The van der Waals surface area contributed by atoms with Crippen molar-refractivity contribution in [1.29, 1.82) is 0 Å². The molecule has 0 saturated carbocycles. The average Bonchev–Trinajstić information content (AvgIpc) is 3.01. The number of nitrogens with zero attached hydrogens (tertiary/aromatic N) is 2. The molecule has 1 saturated heterocycles. The van der Waals surface area contributed by atoms with Crippen LogP contribution < -0.4 is 10.2 Å². The van der Waals surface area contributed by atoms with Gasteiger partial charge in [-0.2, -0.15) is 0 Å². The fraction of sp³-hybridized carbons (Fsp3) is 0.375. The summed E-state index contributed by atoms with van der Waals surface area (Å²) in [5.74, 6) is -0.479. The van der Waals surface area contributed by atoms with Crippen molar-refractivity contribution < 1.29 is 14.3 Å². The van der Waals surface area contributed by atoms with E-state index in [-0.39, 0.29) is 5.15 Å². The van der Waals surface area contributed by atoms with Gasteiger partial charge < -0.3 is 19.7 Å². The first kappa shape index (κ1) is 18.4. The molecular formula is C16H17BrClN3O3S. The fourth-order valence-electron chi connectivity index (χ4n) is 2.55. The van der Waals surface area contributed by atoms with Crippen LogP contribution in [0, 0.1) is 0 Å². The summed E-state index contributed by atoms with van der Waals surface area (Å²) in [5, 5.41) is 3.98. The molecule has 3 rings (SSSR count). The van der Waals surface area contributed by atoms with Gasteiger partial charge in [0.05, 0.1) is 20.3 Å². The zero-order valence-electron chi connectivity index (χ0n) is 13.6. The summed E-state index contributed by atoms with van der Waals surface area (Å²) in [7, 11) is 1.32. The van der Waals surface area contributed by atoms with Crippen LogP contribution in [0.3, 0.4) is 0 Å². The molecule has 0 spiro atoms. The number of thiazole rings is 1. The topological polar surface area (TPSA) is 63.7 Å². The van der Waals surface area contributed by atoms with Crippen molar-refractivity contribution in [1.82, 2.24) is 4.98 Å². The summed E-state index contributed by atoms with van der Waals surface area (Å²) >= 11 is 10.7. The standard InChI is InChI=1S/C16H17BrClN3O3S/c1-23-15(22)13-14(18)20-16(25-13)19-9-10-2-3-11(17)8-12(10)21-4-6-24-7-5-21/h2-3,8H,4-7,9H2,1H3,(H,19,20). The van der Waals surface area contributed by atoms with Crippen LogP contribution in [0.1, 0.15) is 15.2 Å². The largest absolute Gasteiger partial charge is 0.465 e. The van der Waals surface area contributed by atoms with Gasteiger partial charge in [0.15, 0.2) is 15.2 Å². The normalized spacial score (nSPS) is 14.4. The molecule has 1 aromatic heterocycles. The number of halogens is 2. The van der Waals surface area contributed by atoms with Crippen LogP contribution in [-0.4, -0.2) is 44.4 Å². The van der Waals surface area contributed by atoms with Crippen LogP contribution in [0.25, 0.3) is 0 Å². The highest BCUT2D eigenvalue weighted by atomic mass is 79.9. The van der Waals surface area contributed by atoms with E-state index in [4.69, 9.17) is 21.1 Å². The Morgan fingerprint density at radius 1 is 1.48 bits per heavy atom. The number of methoxy groups -OCH3 is 1. The monoisotopic (exact) mass is 445 g/mol. The average molecular weight is 447 g/mol. The van der Waals surface area contributed by atoms with E-state index >= 15 is 0 Å². The van der Waals surface area contributed by atoms with E-state index in [1.807, 2.05) is 6.07 Å². The molecular weight excluding hydrogens is 430 g/mol. The first-order valence-electron chi connectivity index (χ1n) is 7.68. The van der Waals surface area contributed by atoms with Crippen LogP contribution in [0.5, 0.6) is 0 Å². The van der Waals surface area contributed by atoms with Crippen molar-refractivity contribution >= 4 is 55.7 Å². The Kier molecular flexibility index (Phi) is 6.16. The van der Waals surface area contributed by atoms with Crippen LogP contribution in [-0.2, 0) is 16.0 Å². The lowest BCUT2D eigenvalue weighted by Crippen LogP contribution is -2.36. The minimum atomic E-state index is -0.479. The number of hydrogen-bond donors (Lipinski definition) is 1. The number of rotatable bonds is 5. The number of anilines is 2. The Balaban J connectivity index is 1.76. The minimum Gasteiger partial charge on any atom is -0.465 e. The Labute approximate surface area is 163 Å². The van der Waals surface area contributed by atoms with Crippen molar-refractivity contribution in [2.75, 3.05) is 43.6 Å². The smallest absolute Gasteiger partial charge is 0.351 e. The first-order valence-corrected chi connectivity index (χ1v) is 9.67. The number of carbonyl (C=O) groups excluding carboxylic acids is 1. The molecule has 25 heavy (non-hydrogen) atoms. The van der Waals surface area contributed by atoms with Gasteiger partial charge in [-0.1, -0.05) is 44.9 Å². The molecule has 1 N–H and O–H groups in total. The molecule has 1 aromatic carbocycles. The maximum Gasteiger partial charge on any atom is 0.351 e. The van der Waals surface area contributed by atoms with Crippen LogP contribution in [0.2, 0.25) is 5.15 Å². The number of hydrogen-bond acceptors (Lipinski definition) is 7. The zero-order chi connectivity index (χ0) is 17.8. The molecule has 6 nitrogen and oxygen atoms in total. The molecule has 0 unspecified atom stereocenters. The fourth-order valence-corrected chi connectivity index (χ4v) is 4.00. The zero-order valence-corrected chi connectivity index (χ0v) is 16.7. The first-order chi connectivity index (χ1) is 12.1. The van der Waals surface area contributed by atoms with E-state index in [1.165, 1.54) is 18.4 Å². The second-order valence-corrected chi connectivity index (χ2v) is 7.63. The van der Waals surface area contributed by atoms with E-state index in [0.717, 1.165) is 42.0 Å². The number of aromatic nitrogens is 1. The molecule has 134 valence electrons. The molecule has 9 heteroatoms. The Morgan fingerprint density at radius 2 is 2.24 bits per heavy atom. The summed E-state index contributed by atoms with van der Waals surface area (Å²) in [5.41, 5.74) is 2.29. The molecule has 0 bridgehead atoms. The van der Waals surface area contributed by atoms with Gasteiger partial charge in [0.1, 0.15) is 0 Å². The van der Waals surface area contributed by atoms with E-state index in [0.29, 0.717) is 16.6 Å². The molecule has 1 aliphatic heterocycles. The Bertz CT molecular complexity index is 765. The number of morpholine rings is 1. The SMILES string of the molecule is COC(=O)c1sc(NCc2ccc(Br)cc2N2CCOCC2)nc1Cl. The molecule has 0 amide bonds. The van der Waals surface area contributed by atoms with E-state index < -0.39 is 5.97 Å². The third-order valence-electron chi connectivity index (χ3n) is 3.79. The van der Waals surface area contributed by atoms with Crippen molar-refractivity contribution in [3.8, 4) is 0 Å². The lowest BCUT2D eigenvalue weighted by atomic mass is 10.1. The van der Waals surface area contributed by atoms with Gasteiger partial charge in [-0.3, -0.25) is 0 Å². The number of benzene rings is 1. The van der Waals surface area contributed by atoms with Gasteiger partial charge in [-0.15, -0.1) is 0 Å². The molecule has 0 aliphatic carbocycles. The van der Waals surface area contributed by atoms with Gasteiger partial charge in [0.25, 0.3) is 0 Å². The second kappa shape index (κ2) is 8.35. The second-order valence-electron chi connectivity index (χ2n) is 5.36. The third-order valence-corrected chi connectivity index (χ3v) is 5.66. The number of nitrogens with one attached hydrogen (secondary N) is 1. The van der Waals surface area contributed by atoms with Crippen molar-refractivity contribution in [2.45, 2.75) is 6.54 Å². The third kappa shape index (κ3) is 4.44.